The van der Waals surface area contributed by atoms with Crippen LogP contribution < -0.4 is 10.6 Å². The van der Waals surface area contributed by atoms with Gasteiger partial charge in [0.15, 0.2) is 0 Å². The van der Waals surface area contributed by atoms with Crippen molar-refractivity contribution < 1.29 is 9.59 Å². The molecular weight excluding hydrogens is 400 g/mol. The fourth-order valence-electron chi connectivity index (χ4n) is 3.70. The van der Waals surface area contributed by atoms with Crippen LogP contribution in [0.4, 0.5) is 10.5 Å². The summed E-state index contributed by atoms with van der Waals surface area (Å²) in [4.78, 5) is 29.5. The van der Waals surface area contributed by atoms with Gasteiger partial charge in [0.05, 0.1) is 5.92 Å². The molecule has 0 radical (unpaired) electrons. The van der Waals surface area contributed by atoms with Crippen LogP contribution in [0.3, 0.4) is 0 Å². The van der Waals surface area contributed by atoms with E-state index in [2.05, 4.69) is 22.8 Å². The van der Waals surface area contributed by atoms with E-state index in [4.69, 9.17) is 11.6 Å². The molecule has 2 N–H and O–H groups in total. The van der Waals surface area contributed by atoms with Crippen molar-refractivity contribution in [2.75, 3.05) is 45.6 Å². The van der Waals surface area contributed by atoms with Crippen molar-refractivity contribution in [3.8, 4) is 0 Å². The minimum absolute atomic E-state index is 0.00164. The number of benzene rings is 2. The summed E-state index contributed by atoms with van der Waals surface area (Å²) in [5.41, 5.74) is 1.82. The van der Waals surface area contributed by atoms with Gasteiger partial charge in [-0.3, -0.25) is 4.79 Å². The molecule has 1 aliphatic heterocycles. The Bertz CT molecular complexity index is 842. The largest absolute Gasteiger partial charge is 0.355 e. The van der Waals surface area contributed by atoms with Crippen LogP contribution >= 0.6 is 11.6 Å². The molecule has 2 aromatic rings. The highest BCUT2D eigenvalue weighted by atomic mass is 35.5. The Morgan fingerprint density at radius 3 is 2.43 bits per heavy atom. The number of hydrogen-bond donors (Lipinski definition) is 2. The minimum atomic E-state index is -0.248. The standard InChI is InChI=1S/C23H29ClN4O2/c1-27(2)13-12-25-22(29)19-14-18(17-6-4-3-5-7-17)15-28(16-19)23(30)26-21-10-8-20(24)9-11-21/h3-11,18-19H,12-16H2,1-2H3,(H,25,29)(H,26,30). The molecule has 7 heteroatoms. The number of hydrogen-bond acceptors (Lipinski definition) is 3. The van der Waals surface area contributed by atoms with Gasteiger partial charge in [-0.05, 0) is 50.3 Å². The monoisotopic (exact) mass is 428 g/mol. The molecular formula is C23H29ClN4O2. The first-order chi connectivity index (χ1) is 14.4. The van der Waals surface area contributed by atoms with Crippen molar-refractivity contribution in [3.63, 3.8) is 0 Å². The van der Waals surface area contributed by atoms with E-state index in [9.17, 15) is 9.59 Å². The van der Waals surface area contributed by atoms with Crippen molar-refractivity contribution in [1.29, 1.82) is 0 Å². The lowest BCUT2D eigenvalue weighted by molar-refractivity contribution is -0.126. The molecule has 2 atom stereocenters. The normalized spacial score (nSPS) is 18.9. The van der Waals surface area contributed by atoms with Crippen molar-refractivity contribution >= 4 is 29.2 Å². The van der Waals surface area contributed by atoms with Crippen molar-refractivity contribution in [3.05, 3.63) is 65.2 Å². The number of rotatable bonds is 6. The molecule has 6 nitrogen and oxygen atoms in total. The second kappa shape index (κ2) is 10.5. The van der Waals surface area contributed by atoms with Crippen LogP contribution in [0.1, 0.15) is 17.9 Å². The Balaban J connectivity index is 1.71. The first-order valence-electron chi connectivity index (χ1n) is 10.2. The highest BCUT2D eigenvalue weighted by Crippen LogP contribution is 2.31. The number of nitrogens with zero attached hydrogens (tertiary/aromatic N) is 2. The van der Waals surface area contributed by atoms with E-state index in [1.165, 1.54) is 0 Å². The van der Waals surface area contributed by atoms with Crippen LogP contribution in [0.2, 0.25) is 5.02 Å². The number of piperidine rings is 1. The van der Waals surface area contributed by atoms with Gasteiger partial charge in [0, 0.05) is 42.8 Å². The number of anilines is 1. The molecule has 3 amide bonds. The van der Waals surface area contributed by atoms with Gasteiger partial charge in [-0.2, -0.15) is 0 Å². The van der Waals surface area contributed by atoms with E-state index < -0.39 is 0 Å². The highest BCUT2D eigenvalue weighted by molar-refractivity contribution is 6.30. The zero-order valence-electron chi connectivity index (χ0n) is 17.5. The first-order valence-corrected chi connectivity index (χ1v) is 10.6. The number of likely N-dealkylation sites (N-methyl/N-ethyl adjacent to an activating group) is 1. The van der Waals surface area contributed by atoms with E-state index in [1.807, 2.05) is 37.2 Å². The van der Waals surface area contributed by atoms with Gasteiger partial charge in [-0.25, -0.2) is 4.79 Å². The van der Waals surface area contributed by atoms with Crippen molar-refractivity contribution in [1.82, 2.24) is 15.1 Å². The van der Waals surface area contributed by atoms with Crippen LogP contribution in [0.5, 0.6) is 0 Å². The van der Waals surface area contributed by atoms with E-state index >= 15 is 0 Å². The average molecular weight is 429 g/mol. The van der Waals surface area contributed by atoms with Gasteiger partial charge in [0.2, 0.25) is 5.91 Å². The summed E-state index contributed by atoms with van der Waals surface area (Å²) in [6, 6.07) is 16.9. The predicted octanol–water partition coefficient (Wildman–Crippen LogP) is 3.66. The molecule has 30 heavy (non-hydrogen) atoms. The van der Waals surface area contributed by atoms with Crippen molar-refractivity contribution in [2.45, 2.75) is 12.3 Å². The van der Waals surface area contributed by atoms with Crippen LogP contribution in [0.15, 0.2) is 54.6 Å². The zero-order chi connectivity index (χ0) is 21.5. The summed E-state index contributed by atoms with van der Waals surface area (Å²) in [5, 5.41) is 6.55. The van der Waals surface area contributed by atoms with Crippen LogP contribution in [0, 0.1) is 5.92 Å². The first kappa shape index (κ1) is 22.1. The summed E-state index contributed by atoms with van der Waals surface area (Å²) < 4.78 is 0. The number of halogens is 1. The quantitative estimate of drug-likeness (QED) is 0.738. The number of nitrogens with one attached hydrogen (secondary N) is 2. The minimum Gasteiger partial charge on any atom is -0.355 e. The van der Waals surface area contributed by atoms with E-state index in [1.54, 1.807) is 29.2 Å². The van der Waals surface area contributed by atoms with E-state index in [0.717, 1.165) is 18.5 Å². The fourth-order valence-corrected chi connectivity index (χ4v) is 3.83. The van der Waals surface area contributed by atoms with Gasteiger partial charge in [0.1, 0.15) is 0 Å². The van der Waals surface area contributed by atoms with E-state index in [-0.39, 0.29) is 23.8 Å². The summed E-state index contributed by atoms with van der Waals surface area (Å²) in [6.07, 6.45) is 0.725. The molecule has 1 heterocycles. The Kier molecular flexibility index (Phi) is 7.71. The van der Waals surface area contributed by atoms with Gasteiger partial charge < -0.3 is 20.4 Å². The van der Waals surface area contributed by atoms with Crippen LogP contribution in [0.25, 0.3) is 0 Å². The molecule has 0 aromatic heterocycles. The lowest BCUT2D eigenvalue weighted by Gasteiger charge is -2.37. The Morgan fingerprint density at radius 2 is 1.77 bits per heavy atom. The zero-order valence-corrected chi connectivity index (χ0v) is 18.2. The molecule has 160 valence electrons. The molecule has 1 aliphatic rings. The second-order valence-corrected chi connectivity index (χ2v) is 8.41. The Morgan fingerprint density at radius 1 is 1.07 bits per heavy atom. The van der Waals surface area contributed by atoms with Gasteiger partial charge in [0.25, 0.3) is 0 Å². The second-order valence-electron chi connectivity index (χ2n) is 7.98. The van der Waals surface area contributed by atoms with Crippen LogP contribution in [-0.4, -0.2) is 62.0 Å². The smallest absolute Gasteiger partial charge is 0.321 e. The predicted molar refractivity (Wildman–Crippen MR) is 121 cm³/mol. The SMILES string of the molecule is CN(C)CCNC(=O)C1CC(c2ccccc2)CN(C(=O)Nc2ccc(Cl)cc2)C1. The third kappa shape index (κ3) is 6.21. The Labute approximate surface area is 183 Å². The topological polar surface area (TPSA) is 64.7 Å². The number of likely N-dealkylation sites (tertiary alicyclic amines) is 1. The van der Waals surface area contributed by atoms with Gasteiger partial charge in [-0.1, -0.05) is 41.9 Å². The summed E-state index contributed by atoms with van der Waals surface area (Å²) in [7, 11) is 3.95. The molecule has 2 unspecified atom stereocenters. The summed E-state index contributed by atoms with van der Waals surface area (Å²) >= 11 is 5.93. The number of carbonyl (C=O) groups excluding carboxylic acids is 2. The van der Waals surface area contributed by atoms with E-state index in [0.29, 0.717) is 30.3 Å². The molecule has 2 aromatic carbocycles. The molecule has 3 rings (SSSR count). The lowest BCUT2D eigenvalue weighted by Crippen LogP contribution is -2.49. The van der Waals surface area contributed by atoms with Gasteiger partial charge in [-0.15, -0.1) is 0 Å². The molecule has 0 aliphatic carbocycles. The molecule has 1 saturated heterocycles. The highest BCUT2D eigenvalue weighted by Gasteiger charge is 2.34. The summed E-state index contributed by atoms with van der Waals surface area (Å²) in [5.74, 6) is -0.135. The Hall–Kier alpha value is -2.57. The summed E-state index contributed by atoms with van der Waals surface area (Å²) in [6.45, 7) is 2.35. The number of carbonyl (C=O) groups is 2. The fraction of sp³-hybridized carbons (Fsp3) is 0.391. The average Bonchev–Trinajstić information content (AvgIpc) is 2.75. The maximum atomic E-state index is 12.9. The third-order valence-corrected chi connectivity index (χ3v) is 5.59. The maximum Gasteiger partial charge on any atom is 0.321 e. The third-order valence-electron chi connectivity index (χ3n) is 5.33. The van der Waals surface area contributed by atoms with Gasteiger partial charge >= 0.3 is 6.03 Å². The molecule has 0 spiro atoms. The van der Waals surface area contributed by atoms with Crippen LogP contribution in [-0.2, 0) is 4.79 Å². The molecule has 0 saturated carbocycles. The van der Waals surface area contributed by atoms with Crippen molar-refractivity contribution in [2.24, 2.45) is 5.92 Å². The lowest BCUT2D eigenvalue weighted by atomic mass is 9.84. The molecule has 0 bridgehead atoms. The molecule has 1 fully saturated rings. The maximum absolute atomic E-state index is 12.9. The number of amides is 3. The number of urea groups is 1.